The molecule has 0 atom stereocenters. The number of H-pyrrole nitrogens is 1. The lowest BCUT2D eigenvalue weighted by Crippen LogP contribution is -2.20. The topological polar surface area (TPSA) is 110 Å². The van der Waals surface area contributed by atoms with E-state index in [1.54, 1.807) is 12.1 Å². The second kappa shape index (κ2) is 7.81. The van der Waals surface area contributed by atoms with E-state index in [0.29, 0.717) is 11.4 Å². The zero-order chi connectivity index (χ0) is 20.2. The third-order valence-corrected chi connectivity index (χ3v) is 4.25. The summed E-state index contributed by atoms with van der Waals surface area (Å²) >= 11 is 0. The van der Waals surface area contributed by atoms with Crippen LogP contribution < -0.4 is 10.1 Å². The van der Waals surface area contributed by atoms with E-state index in [1.807, 2.05) is 36.4 Å². The largest absolute Gasteiger partial charge is 0.484 e. The van der Waals surface area contributed by atoms with Crippen molar-refractivity contribution in [2.24, 2.45) is 0 Å². The summed E-state index contributed by atoms with van der Waals surface area (Å²) in [6.07, 6.45) is 0. The van der Waals surface area contributed by atoms with Crippen LogP contribution in [0.1, 0.15) is 0 Å². The number of benzene rings is 3. The second-order valence-electron chi connectivity index (χ2n) is 6.27. The van der Waals surface area contributed by atoms with Gasteiger partial charge in [-0.1, -0.05) is 12.1 Å². The van der Waals surface area contributed by atoms with Crippen LogP contribution in [0, 0.1) is 10.1 Å². The summed E-state index contributed by atoms with van der Waals surface area (Å²) in [6, 6.07) is 20.6. The van der Waals surface area contributed by atoms with Crippen molar-refractivity contribution in [3.8, 4) is 17.1 Å². The standard InChI is InChI=1S/C21H16N4O4/c26-20(13-29-17-11-9-16(10-12-17)25(27)28)22-15-7-5-14(6-8-15)21-23-18-3-1-2-4-19(18)24-21/h1-12H,13H2,(H,22,26)(H,23,24). The van der Waals surface area contributed by atoms with Gasteiger partial charge in [0.05, 0.1) is 16.0 Å². The Balaban J connectivity index is 1.35. The van der Waals surface area contributed by atoms with E-state index in [1.165, 1.54) is 24.3 Å². The number of ether oxygens (including phenoxy) is 1. The Morgan fingerprint density at radius 3 is 2.45 bits per heavy atom. The van der Waals surface area contributed by atoms with Crippen LogP contribution in [0.5, 0.6) is 5.75 Å². The molecule has 1 amide bonds. The number of hydrogen-bond acceptors (Lipinski definition) is 5. The van der Waals surface area contributed by atoms with Crippen molar-refractivity contribution in [3.63, 3.8) is 0 Å². The van der Waals surface area contributed by atoms with Crippen molar-refractivity contribution in [1.82, 2.24) is 9.97 Å². The van der Waals surface area contributed by atoms with Crippen molar-refractivity contribution >= 4 is 28.3 Å². The smallest absolute Gasteiger partial charge is 0.269 e. The van der Waals surface area contributed by atoms with E-state index in [-0.39, 0.29) is 18.2 Å². The number of rotatable bonds is 6. The highest BCUT2D eigenvalue weighted by molar-refractivity contribution is 5.92. The number of aromatic amines is 1. The van der Waals surface area contributed by atoms with Gasteiger partial charge in [0, 0.05) is 23.4 Å². The lowest BCUT2D eigenvalue weighted by atomic mass is 10.2. The van der Waals surface area contributed by atoms with Gasteiger partial charge < -0.3 is 15.0 Å². The van der Waals surface area contributed by atoms with Crippen LogP contribution in [0.25, 0.3) is 22.4 Å². The van der Waals surface area contributed by atoms with E-state index in [0.717, 1.165) is 22.4 Å². The lowest BCUT2D eigenvalue weighted by Gasteiger charge is -2.08. The Morgan fingerprint density at radius 1 is 1.03 bits per heavy atom. The third-order valence-electron chi connectivity index (χ3n) is 4.25. The number of carbonyl (C=O) groups excluding carboxylic acids is 1. The van der Waals surface area contributed by atoms with Crippen LogP contribution in [0.4, 0.5) is 11.4 Å². The molecule has 0 aliphatic heterocycles. The quantitative estimate of drug-likeness (QED) is 0.381. The predicted octanol–water partition coefficient (Wildman–Crippen LogP) is 4.16. The fourth-order valence-corrected chi connectivity index (χ4v) is 2.81. The molecular weight excluding hydrogens is 372 g/mol. The van der Waals surface area contributed by atoms with Crippen LogP contribution in [0.2, 0.25) is 0 Å². The van der Waals surface area contributed by atoms with E-state index < -0.39 is 4.92 Å². The van der Waals surface area contributed by atoms with Gasteiger partial charge in [0.2, 0.25) is 0 Å². The maximum atomic E-state index is 12.1. The Morgan fingerprint density at radius 2 is 1.76 bits per heavy atom. The summed E-state index contributed by atoms with van der Waals surface area (Å²) in [5.74, 6) is 0.802. The number of nitro groups is 1. The number of imidazole rings is 1. The molecule has 0 saturated heterocycles. The van der Waals surface area contributed by atoms with E-state index in [9.17, 15) is 14.9 Å². The fraction of sp³-hybridized carbons (Fsp3) is 0.0476. The van der Waals surface area contributed by atoms with Crippen molar-refractivity contribution in [2.75, 3.05) is 11.9 Å². The van der Waals surface area contributed by atoms with Gasteiger partial charge in [-0.2, -0.15) is 0 Å². The molecule has 4 aromatic rings. The Labute approximate surface area is 165 Å². The van der Waals surface area contributed by atoms with Crippen molar-refractivity contribution in [3.05, 3.63) is 82.9 Å². The number of non-ortho nitro benzene ring substituents is 1. The first kappa shape index (κ1) is 18.2. The monoisotopic (exact) mass is 388 g/mol. The molecule has 8 heteroatoms. The molecule has 0 aliphatic carbocycles. The third kappa shape index (κ3) is 4.22. The first-order valence-electron chi connectivity index (χ1n) is 8.81. The minimum Gasteiger partial charge on any atom is -0.484 e. The zero-order valence-electron chi connectivity index (χ0n) is 15.2. The molecule has 0 radical (unpaired) electrons. The van der Waals surface area contributed by atoms with Gasteiger partial charge in [0.1, 0.15) is 11.6 Å². The summed E-state index contributed by atoms with van der Waals surface area (Å²) in [7, 11) is 0. The molecule has 0 spiro atoms. The molecular formula is C21H16N4O4. The van der Waals surface area contributed by atoms with Gasteiger partial charge in [0.15, 0.2) is 6.61 Å². The minimum atomic E-state index is -0.495. The summed E-state index contributed by atoms with van der Waals surface area (Å²) < 4.78 is 5.35. The van der Waals surface area contributed by atoms with Gasteiger partial charge in [-0.05, 0) is 48.5 Å². The molecule has 144 valence electrons. The number of nitrogens with one attached hydrogen (secondary N) is 2. The molecule has 0 fully saturated rings. The number of amides is 1. The molecule has 2 N–H and O–H groups in total. The van der Waals surface area contributed by atoms with E-state index in [4.69, 9.17) is 4.74 Å². The second-order valence-corrected chi connectivity index (χ2v) is 6.27. The predicted molar refractivity (Wildman–Crippen MR) is 109 cm³/mol. The molecule has 8 nitrogen and oxygen atoms in total. The minimum absolute atomic E-state index is 0.0358. The molecule has 0 saturated carbocycles. The number of para-hydroxylation sites is 2. The molecule has 4 rings (SSSR count). The van der Waals surface area contributed by atoms with Gasteiger partial charge in [0.25, 0.3) is 11.6 Å². The van der Waals surface area contributed by atoms with Crippen molar-refractivity contribution < 1.29 is 14.5 Å². The fourth-order valence-electron chi connectivity index (χ4n) is 2.81. The summed E-state index contributed by atoms with van der Waals surface area (Å²) in [5, 5.41) is 13.4. The molecule has 0 unspecified atom stereocenters. The summed E-state index contributed by atoms with van der Waals surface area (Å²) in [6.45, 7) is -0.205. The SMILES string of the molecule is O=C(COc1ccc([N+](=O)[O-])cc1)Nc1ccc(-c2nc3ccccc3[nH]2)cc1. The maximum absolute atomic E-state index is 12.1. The van der Waals surface area contributed by atoms with Crippen LogP contribution in [0.15, 0.2) is 72.8 Å². The van der Waals surface area contributed by atoms with E-state index in [2.05, 4.69) is 15.3 Å². The summed E-state index contributed by atoms with van der Waals surface area (Å²) in [5.41, 5.74) is 3.35. The number of anilines is 1. The Hall–Kier alpha value is -4.20. The highest BCUT2D eigenvalue weighted by atomic mass is 16.6. The van der Waals surface area contributed by atoms with Crippen LogP contribution in [-0.2, 0) is 4.79 Å². The Kier molecular flexibility index (Phi) is 4.90. The van der Waals surface area contributed by atoms with Crippen LogP contribution in [-0.4, -0.2) is 27.4 Å². The number of nitrogens with zero attached hydrogens (tertiary/aromatic N) is 2. The highest BCUT2D eigenvalue weighted by Crippen LogP contribution is 2.22. The number of fused-ring (bicyclic) bond motifs is 1. The normalized spacial score (nSPS) is 10.6. The van der Waals surface area contributed by atoms with Crippen LogP contribution >= 0.6 is 0 Å². The van der Waals surface area contributed by atoms with Gasteiger partial charge in [-0.3, -0.25) is 14.9 Å². The van der Waals surface area contributed by atoms with Crippen molar-refractivity contribution in [2.45, 2.75) is 0 Å². The number of hydrogen-bond donors (Lipinski definition) is 2. The molecule has 29 heavy (non-hydrogen) atoms. The molecule has 0 aliphatic rings. The highest BCUT2D eigenvalue weighted by Gasteiger charge is 2.08. The number of aromatic nitrogens is 2. The lowest BCUT2D eigenvalue weighted by molar-refractivity contribution is -0.384. The number of carbonyl (C=O) groups is 1. The van der Waals surface area contributed by atoms with Gasteiger partial charge in [-0.25, -0.2) is 4.98 Å². The molecule has 3 aromatic carbocycles. The Bertz CT molecular complexity index is 1130. The first-order valence-corrected chi connectivity index (χ1v) is 8.81. The maximum Gasteiger partial charge on any atom is 0.269 e. The average Bonchev–Trinajstić information content (AvgIpc) is 3.17. The summed E-state index contributed by atoms with van der Waals surface area (Å²) in [4.78, 5) is 30.0. The molecule has 1 aromatic heterocycles. The molecule has 0 bridgehead atoms. The van der Waals surface area contributed by atoms with Crippen molar-refractivity contribution in [1.29, 1.82) is 0 Å². The number of nitro benzene ring substituents is 1. The van der Waals surface area contributed by atoms with Gasteiger partial charge in [-0.15, -0.1) is 0 Å². The first-order chi connectivity index (χ1) is 14.1. The average molecular weight is 388 g/mol. The molecule has 1 heterocycles. The zero-order valence-corrected chi connectivity index (χ0v) is 15.2. The van der Waals surface area contributed by atoms with Crippen LogP contribution in [0.3, 0.4) is 0 Å². The van der Waals surface area contributed by atoms with Gasteiger partial charge >= 0.3 is 0 Å². The van der Waals surface area contributed by atoms with E-state index >= 15 is 0 Å².